The van der Waals surface area contributed by atoms with Crippen molar-refractivity contribution in [1.29, 1.82) is 0 Å². The molecular formula is C28H29N5O6S. The van der Waals surface area contributed by atoms with Gasteiger partial charge in [-0.05, 0) is 30.3 Å². The SMILES string of the molecule is CS(=O)(=O)N(CCN1CCOCC1)c1ccc(N=C(c2ccccc2)c2c(O)[nH]c3ccc([N+](=O)[O-])cc23)cc1. The first-order valence-corrected chi connectivity index (χ1v) is 14.6. The van der Waals surface area contributed by atoms with Gasteiger partial charge in [-0.1, -0.05) is 30.3 Å². The van der Waals surface area contributed by atoms with E-state index in [2.05, 4.69) is 9.88 Å². The van der Waals surface area contributed by atoms with Gasteiger partial charge in [0.15, 0.2) is 5.88 Å². The van der Waals surface area contributed by atoms with Crippen LogP contribution in [0, 0.1) is 10.1 Å². The number of nitro benzene ring substituents is 1. The molecule has 5 rings (SSSR count). The van der Waals surface area contributed by atoms with Gasteiger partial charge in [-0.25, -0.2) is 13.4 Å². The average molecular weight is 564 g/mol. The number of nitrogens with one attached hydrogen (secondary N) is 1. The Morgan fingerprint density at radius 1 is 1.10 bits per heavy atom. The number of aliphatic imine (C=N–C) groups is 1. The number of sulfonamides is 1. The van der Waals surface area contributed by atoms with Gasteiger partial charge in [0.1, 0.15) is 0 Å². The third kappa shape index (κ3) is 5.98. The maximum atomic E-state index is 12.6. The Balaban J connectivity index is 1.52. The maximum absolute atomic E-state index is 12.6. The molecule has 2 heterocycles. The number of aromatic nitrogens is 1. The van der Waals surface area contributed by atoms with Crippen LogP contribution in [0.25, 0.3) is 10.9 Å². The molecule has 1 aromatic heterocycles. The standard InChI is InChI=1S/C28H29N5O6S/c1-40(37,38)32(14-13-31-15-17-39-18-16-31)22-9-7-21(8-10-22)29-27(20-5-3-2-4-6-20)26-24-19-23(33(35)36)11-12-25(24)30-28(26)34/h2-12,19,30,34H,13-18H2,1H3. The van der Waals surface area contributed by atoms with Crippen molar-refractivity contribution in [3.05, 3.63) is 94.0 Å². The summed E-state index contributed by atoms with van der Waals surface area (Å²) < 4.78 is 32.0. The molecule has 2 N–H and O–H groups in total. The fourth-order valence-electron chi connectivity index (χ4n) is 4.75. The minimum absolute atomic E-state index is 0.109. The minimum atomic E-state index is -3.53. The number of hydrogen-bond acceptors (Lipinski definition) is 8. The molecule has 0 amide bonds. The number of aromatic hydroxyl groups is 1. The van der Waals surface area contributed by atoms with Crippen molar-refractivity contribution in [3.8, 4) is 5.88 Å². The van der Waals surface area contributed by atoms with E-state index in [9.17, 15) is 23.6 Å². The van der Waals surface area contributed by atoms with Crippen molar-refractivity contribution in [2.24, 2.45) is 4.99 Å². The van der Waals surface area contributed by atoms with Gasteiger partial charge in [0.2, 0.25) is 10.0 Å². The van der Waals surface area contributed by atoms with E-state index in [1.807, 2.05) is 30.3 Å². The lowest BCUT2D eigenvalue weighted by atomic mass is 10.0. The summed E-state index contributed by atoms with van der Waals surface area (Å²) in [6.45, 7) is 3.68. The molecule has 12 heteroatoms. The number of fused-ring (bicyclic) bond motifs is 1. The molecule has 1 aliphatic rings. The van der Waals surface area contributed by atoms with Gasteiger partial charge in [0.25, 0.3) is 5.69 Å². The second-order valence-electron chi connectivity index (χ2n) is 9.47. The monoisotopic (exact) mass is 563 g/mol. The summed E-state index contributed by atoms with van der Waals surface area (Å²) in [6.07, 6.45) is 1.19. The summed E-state index contributed by atoms with van der Waals surface area (Å²) in [4.78, 5) is 20.8. The maximum Gasteiger partial charge on any atom is 0.270 e. The molecule has 0 aliphatic carbocycles. The van der Waals surface area contributed by atoms with E-state index in [0.29, 0.717) is 65.4 Å². The topological polar surface area (TPSA) is 141 Å². The largest absolute Gasteiger partial charge is 0.494 e. The van der Waals surface area contributed by atoms with Crippen LogP contribution >= 0.6 is 0 Å². The molecule has 1 saturated heterocycles. The molecule has 1 fully saturated rings. The zero-order valence-corrected chi connectivity index (χ0v) is 22.7. The first-order valence-electron chi connectivity index (χ1n) is 12.7. The van der Waals surface area contributed by atoms with Crippen molar-refractivity contribution in [2.45, 2.75) is 0 Å². The highest BCUT2D eigenvalue weighted by atomic mass is 32.2. The molecule has 4 aromatic rings. The predicted molar refractivity (Wildman–Crippen MR) is 154 cm³/mol. The van der Waals surface area contributed by atoms with Gasteiger partial charge in [0, 0.05) is 54.8 Å². The molecular weight excluding hydrogens is 534 g/mol. The number of benzene rings is 3. The molecule has 0 unspecified atom stereocenters. The highest BCUT2D eigenvalue weighted by Gasteiger charge is 2.22. The van der Waals surface area contributed by atoms with Crippen LogP contribution < -0.4 is 4.31 Å². The molecule has 0 bridgehead atoms. The van der Waals surface area contributed by atoms with Crippen LogP contribution in [0.5, 0.6) is 5.88 Å². The summed E-state index contributed by atoms with van der Waals surface area (Å²) in [5.41, 5.74) is 2.88. The molecule has 0 radical (unpaired) electrons. The minimum Gasteiger partial charge on any atom is -0.494 e. The van der Waals surface area contributed by atoms with Crippen molar-refractivity contribution < 1.29 is 23.2 Å². The number of morpholine rings is 1. The number of nitro groups is 1. The van der Waals surface area contributed by atoms with Gasteiger partial charge in [-0.2, -0.15) is 0 Å². The van der Waals surface area contributed by atoms with Crippen molar-refractivity contribution in [1.82, 2.24) is 9.88 Å². The van der Waals surface area contributed by atoms with Crippen LogP contribution in [0.15, 0.2) is 77.8 Å². The van der Waals surface area contributed by atoms with E-state index >= 15 is 0 Å². The summed E-state index contributed by atoms with van der Waals surface area (Å²) in [7, 11) is -3.53. The van der Waals surface area contributed by atoms with Gasteiger partial charge in [-0.3, -0.25) is 19.3 Å². The number of non-ortho nitro benzene ring substituents is 1. The number of hydrogen-bond donors (Lipinski definition) is 2. The number of nitrogens with zero attached hydrogens (tertiary/aromatic N) is 4. The summed E-state index contributed by atoms with van der Waals surface area (Å²) >= 11 is 0. The molecule has 0 saturated carbocycles. The molecule has 0 atom stereocenters. The number of anilines is 1. The van der Waals surface area contributed by atoms with Crippen LogP contribution in [0.4, 0.5) is 17.1 Å². The highest BCUT2D eigenvalue weighted by molar-refractivity contribution is 7.92. The van der Waals surface area contributed by atoms with E-state index in [4.69, 9.17) is 9.73 Å². The van der Waals surface area contributed by atoms with Crippen molar-refractivity contribution >= 4 is 43.7 Å². The van der Waals surface area contributed by atoms with Gasteiger partial charge >= 0.3 is 0 Å². The molecule has 1 aliphatic heterocycles. The zero-order valence-electron chi connectivity index (χ0n) is 21.9. The molecule has 40 heavy (non-hydrogen) atoms. The Morgan fingerprint density at radius 3 is 2.45 bits per heavy atom. The van der Waals surface area contributed by atoms with Crippen molar-refractivity contribution in [3.63, 3.8) is 0 Å². The Bertz CT molecular complexity index is 1650. The Kier molecular flexibility index (Phi) is 7.83. The molecule has 11 nitrogen and oxygen atoms in total. The average Bonchev–Trinajstić information content (AvgIpc) is 3.27. The third-order valence-electron chi connectivity index (χ3n) is 6.76. The lowest BCUT2D eigenvalue weighted by molar-refractivity contribution is -0.384. The smallest absolute Gasteiger partial charge is 0.270 e. The van der Waals surface area contributed by atoms with E-state index in [1.54, 1.807) is 30.3 Å². The van der Waals surface area contributed by atoms with E-state index in [-0.39, 0.29) is 11.6 Å². The van der Waals surface area contributed by atoms with Crippen LogP contribution in [0.1, 0.15) is 11.1 Å². The normalized spacial score (nSPS) is 14.9. The first kappa shape index (κ1) is 27.3. The first-order chi connectivity index (χ1) is 19.2. The fraction of sp³-hybridized carbons (Fsp3) is 0.250. The Hall–Kier alpha value is -4.26. The Labute approximate surface area is 231 Å². The van der Waals surface area contributed by atoms with Crippen LogP contribution in [-0.2, 0) is 14.8 Å². The Morgan fingerprint density at radius 2 is 1.80 bits per heavy atom. The lowest BCUT2D eigenvalue weighted by Gasteiger charge is -2.30. The molecule has 208 valence electrons. The van der Waals surface area contributed by atoms with Crippen LogP contribution in [-0.4, -0.2) is 79.7 Å². The summed E-state index contributed by atoms with van der Waals surface area (Å²) in [6, 6.07) is 20.3. The number of rotatable bonds is 9. The summed E-state index contributed by atoms with van der Waals surface area (Å²) in [5.74, 6) is -0.166. The number of aromatic amines is 1. The van der Waals surface area contributed by atoms with Gasteiger partial charge in [-0.15, -0.1) is 0 Å². The van der Waals surface area contributed by atoms with E-state index in [1.165, 1.54) is 22.7 Å². The van der Waals surface area contributed by atoms with Crippen LogP contribution in [0.2, 0.25) is 0 Å². The van der Waals surface area contributed by atoms with Gasteiger partial charge < -0.3 is 14.8 Å². The van der Waals surface area contributed by atoms with Crippen molar-refractivity contribution in [2.75, 3.05) is 50.0 Å². The summed E-state index contributed by atoms with van der Waals surface area (Å²) in [5, 5.41) is 22.7. The molecule has 3 aromatic carbocycles. The quantitative estimate of drug-likeness (QED) is 0.178. The highest BCUT2D eigenvalue weighted by Crippen LogP contribution is 2.34. The van der Waals surface area contributed by atoms with Gasteiger partial charge in [0.05, 0.1) is 47.0 Å². The van der Waals surface area contributed by atoms with Crippen LogP contribution in [0.3, 0.4) is 0 Å². The second kappa shape index (κ2) is 11.5. The van der Waals surface area contributed by atoms with E-state index < -0.39 is 14.9 Å². The number of ether oxygens (including phenoxy) is 1. The second-order valence-corrected chi connectivity index (χ2v) is 11.4. The third-order valence-corrected chi connectivity index (χ3v) is 7.95. The fourth-order valence-corrected chi connectivity index (χ4v) is 5.66. The lowest BCUT2D eigenvalue weighted by Crippen LogP contribution is -2.42. The molecule has 0 spiro atoms. The van der Waals surface area contributed by atoms with E-state index in [0.717, 1.165) is 13.1 Å². The predicted octanol–water partition coefficient (Wildman–Crippen LogP) is 4.05. The zero-order chi connectivity index (χ0) is 28.3. The number of H-pyrrole nitrogens is 1.